The summed E-state index contributed by atoms with van der Waals surface area (Å²) < 4.78 is 10.3. The van der Waals surface area contributed by atoms with Crippen molar-refractivity contribution >= 4 is 29.7 Å². The Bertz CT molecular complexity index is 543. The maximum Gasteiger partial charge on any atom is 0.322 e. The molecule has 0 fully saturated rings. The molecule has 2 rings (SSSR count). The van der Waals surface area contributed by atoms with Crippen molar-refractivity contribution in [2.45, 2.75) is 19.1 Å². The van der Waals surface area contributed by atoms with Crippen LogP contribution >= 0.6 is 23.7 Å². The Morgan fingerprint density at radius 1 is 1.24 bits per heavy atom. The predicted octanol–water partition coefficient (Wildman–Crippen LogP) is 2.79. The molecule has 4 nitrogen and oxygen atoms in total. The fourth-order valence-corrected chi connectivity index (χ4v) is 2.41. The molecule has 1 atom stereocenters. The number of carbonyl (C=O) groups excluding carboxylic acids is 1. The highest BCUT2D eigenvalue weighted by atomic mass is 35.5. The molecule has 0 aliphatic carbocycles. The number of rotatable bonds is 6. The van der Waals surface area contributed by atoms with Crippen molar-refractivity contribution < 1.29 is 14.3 Å². The molecule has 0 saturated carbocycles. The second-order valence-electron chi connectivity index (χ2n) is 4.40. The summed E-state index contributed by atoms with van der Waals surface area (Å²) in [6.45, 7) is 0.560. The zero-order chi connectivity index (χ0) is 14.4. The van der Waals surface area contributed by atoms with Crippen LogP contribution in [0.25, 0.3) is 0 Å². The highest BCUT2D eigenvalue weighted by Gasteiger charge is 2.13. The van der Waals surface area contributed by atoms with Crippen LogP contribution in [0.2, 0.25) is 0 Å². The van der Waals surface area contributed by atoms with E-state index >= 15 is 0 Å². The third-order valence-corrected chi connectivity index (χ3v) is 3.60. The summed E-state index contributed by atoms with van der Waals surface area (Å²) in [5.74, 6) is 0.398. The van der Waals surface area contributed by atoms with Gasteiger partial charge in [-0.05, 0) is 46.5 Å². The lowest BCUT2D eigenvalue weighted by molar-refractivity contribution is -0.142. The Labute approximate surface area is 134 Å². The molecule has 0 radical (unpaired) electrons. The van der Waals surface area contributed by atoms with Crippen LogP contribution in [0.3, 0.4) is 0 Å². The van der Waals surface area contributed by atoms with E-state index in [-0.39, 0.29) is 12.4 Å². The molecule has 1 aromatic heterocycles. The first-order valence-electron chi connectivity index (χ1n) is 6.25. The van der Waals surface area contributed by atoms with Crippen LogP contribution in [-0.2, 0) is 22.6 Å². The van der Waals surface area contributed by atoms with Gasteiger partial charge in [-0.15, -0.1) is 12.4 Å². The number of hydrogen-bond donors (Lipinski definition) is 1. The van der Waals surface area contributed by atoms with Crippen LogP contribution in [0, 0.1) is 0 Å². The van der Waals surface area contributed by atoms with Crippen molar-refractivity contribution in [3.05, 3.63) is 52.2 Å². The number of nitrogens with two attached hydrogens (primary N) is 1. The highest BCUT2D eigenvalue weighted by molar-refractivity contribution is 7.07. The van der Waals surface area contributed by atoms with Crippen molar-refractivity contribution in [2.24, 2.45) is 5.73 Å². The first-order chi connectivity index (χ1) is 9.69. The molecule has 0 bridgehead atoms. The van der Waals surface area contributed by atoms with Gasteiger partial charge in [0.25, 0.3) is 0 Å². The number of benzene rings is 1. The highest BCUT2D eigenvalue weighted by Crippen LogP contribution is 2.16. The first kappa shape index (κ1) is 17.5. The molecule has 21 heavy (non-hydrogen) atoms. The molecule has 114 valence electrons. The van der Waals surface area contributed by atoms with Gasteiger partial charge in [0.2, 0.25) is 0 Å². The average Bonchev–Trinajstić information content (AvgIpc) is 2.99. The summed E-state index contributed by atoms with van der Waals surface area (Å²) in [5, 5.41) is 4.08. The standard InChI is InChI=1S/C15H17NO3S.ClH/c1-18-15(17)14(16)8-11-2-4-13(5-3-11)19-9-12-6-7-20-10-12;/h2-7,10,14H,8-9,16H2,1H3;1H/t14-;/m0./s1. The fraction of sp³-hybridized carbons (Fsp3) is 0.267. The van der Waals surface area contributed by atoms with Crippen molar-refractivity contribution in [1.82, 2.24) is 0 Å². The number of esters is 1. The summed E-state index contributed by atoms with van der Waals surface area (Å²) in [6, 6.07) is 8.99. The van der Waals surface area contributed by atoms with E-state index in [9.17, 15) is 4.79 Å². The van der Waals surface area contributed by atoms with E-state index in [1.807, 2.05) is 35.7 Å². The fourth-order valence-electron chi connectivity index (χ4n) is 1.75. The van der Waals surface area contributed by atoms with E-state index < -0.39 is 12.0 Å². The Hall–Kier alpha value is -1.56. The lowest BCUT2D eigenvalue weighted by atomic mass is 10.1. The molecule has 2 N–H and O–H groups in total. The van der Waals surface area contributed by atoms with Crippen molar-refractivity contribution in [1.29, 1.82) is 0 Å². The van der Waals surface area contributed by atoms with Gasteiger partial charge in [0.1, 0.15) is 18.4 Å². The quantitative estimate of drug-likeness (QED) is 0.829. The molecular weight excluding hydrogens is 310 g/mol. The molecule has 1 aromatic carbocycles. The third-order valence-electron chi connectivity index (χ3n) is 2.87. The normalized spacial score (nSPS) is 11.3. The van der Waals surface area contributed by atoms with E-state index in [1.54, 1.807) is 11.3 Å². The molecule has 0 spiro atoms. The van der Waals surface area contributed by atoms with E-state index in [2.05, 4.69) is 10.1 Å². The maximum absolute atomic E-state index is 11.2. The van der Waals surface area contributed by atoms with Gasteiger partial charge >= 0.3 is 5.97 Å². The van der Waals surface area contributed by atoms with Crippen molar-refractivity contribution in [2.75, 3.05) is 7.11 Å². The molecule has 2 aromatic rings. The van der Waals surface area contributed by atoms with Gasteiger partial charge in [-0.3, -0.25) is 4.79 Å². The largest absolute Gasteiger partial charge is 0.489 e. The third kappa shape index (κ3) is 5.38. The summed E-state index contributed by atoms with van der Waals surface area (Å²) in [4.78, 5) is 11.2. The van der Waals surface area contributed by atoms with E-state index in [0.717, 1.165) is 16.9 Å². The predicted molar refractivity (Wildman–Crippen MR) is 86.0 cm³/mol. The number of halogens is 1. The minimum atomic E-state index is -0.627. The molecule has 6 heteroatoms. The summed E-state index contributed by atoms with van der Waals surface area (Å²) in [6.07, 6.45) is 0.456. The van der Waals surface area contributed by atoms with Gasteiger partial charge in [-0.2, -0.15) is 11.3 Å². The van der Waals surface area contributed by atoms with Gasteiger partial charge in [-0.1, -0.05) is 12.1 Å². The molecular formula is C15H18ClNO3S. The Kier molecular flexibility index (Phi) is 7.22. The van der Waals surface area contributed by atoms with Crippen LogP contribution in [0.5, 0.6) is 5.75 Å². The number of methoxy groups -OCH3 is 1. The number of thiophene rings is 1. The summed E-state index contributed by atoms with van der Waals surface area (Å²) in [5.41, 5.74) is 7.85. The Morgan fingerprint density at radius 3 is 2.52 bits per heavy atom. The molecule has 1 heterocycles. The average molecular weight is 328 g/mol. The maximum atomic E-state index is 11.2. The first-order valence-corrected chi connectivity index (χ1v) is 7.19. The molecule has 0 aliphatic rings. The lowest BCUT2D eigenvalue weighted by Crippen LogP contribution is -2.33. The van der Waals surface area contributed by atoms with Crippen LogP contribution in [0.4, 0.5) is 0 Å². The molecule has 0 saturated heterocycles. The molecule has 0 amide bonds. The van der Waals surface area contributed by atoms with Gasteiger partial charge in [0.15, 0.2) is 0 Å². The molecule has 0 aliphatic heterocycles. The minimum absolute atomic E-state index is 0. The smallest absolute Gasteiger partial charge is 0.322 e. The van der Waals surface area contributed by atoms with Crippen LogP contribution in [0.1, 0.15) is 11.1 Å². The van der Waals surface area contributed by atoms with Crippen LogP contribution < -0.4 is 10.5 Å². The topological polar surface area (TPSA) is 61.5 Å². The van der Waals surface area contributed by atoms with Crippen LogP contribution in [-0.4, -0.2) is 19.1 Å². The van der Waals surface area contributed by atoms with Gasteiger partial charge < -0.3 is 15.2 Å². The van der Waals surface area contributed by atoms with Crippen molar-refractivity contribution in [3.63, 3.8) is 0 Å². The summed E-state index contributed by atoms with van der Waals surface area (Å²) in [7, 11) is 1.34. The number of carbonyl (C=O) groups is 1. The monoisotopic (exact) mass is 327 g/mol. The lowest BCUT2D eigenvalue weighted by Gasteiger charge is -2.10. The van der Waals surface area contributed by atoms with Crippen LogP contribution in [0.15, 0.2) is 41.1 Å². The van der Waals surface area contributed by atoms with E-state index in [0.29, 0.717) is 13.0 Å². The zero-order valence-corrected chi connectivity index (χ0v) is 13.3. The van der Waals surface area contributed by atoms with Crippen molar-refractivity contribution in [3.8, 4) is 5.75 Å². The number of ether oxygens (including phenoxy) is 2. The molecule has 0 unspecified atom stereocenters. The summed E-state index contributed by atoms with van der Waals surface area (Å²) >= 11 is 1.65. The second-order valence-corrected chi connectivity index (χ2v) is 5.18. The zero-order valence-electron chi connectivity index (χ0n) is 11.7. The Morgan fingerprint density at radius 2 is 1.95 bits per heavy atom. The van der Waals surface area contributed by atoms with E-state index in [4.69, 9.17) is 10.5 Å². The van der Waals surface area contributed by atoms with Gasteiger partial charge in [0, 0.05) is 0 Å². The SMILES string of the molecule is COC(=O)[C@@H](N)Cc1ccc(OCc2ccsc2)cc1.Cl. The minimum Gasteiger partial charge on any atom is -0.489 e. The van der Waals surface area contributed by atoms with Gasteiger partial charge in [0.05, 0.1) is 7.11 Å². The van der Waals surface area contributed by atoms with E-state index in [1.165, 1.54) is 7.11 Å². The second kappa shape index (κ2) is 8.67. The van der Waals surface area contributed by atoms with Gasteiger partial charge in [-0.25, -0.2) is 0 Å². The number of hydrogen-bond acceptors (Lipinski definition) is 5. The Balaban J connectivity index is 0.00000220.